The summed E-state index contributed by atoms with van der Waals surface area (Å²) in [6.45, 7) is 0.959. The van der Waals surface area contributed by atoms with Crippen LogP contribution in [0.2, 0.25) is 0 Å². The van der Waals surface area contributed by atoms with Crippen LogP contribution in [0.1, 0.15) is 34.5 Å². The Morgan fingerprint density at radius 3 is 2.91 bits per heavy atom. The summed E-state index contributed by atoms with van der Waals surface area (Å²) in [7, 11) is 0. The predicted octanol–water partition coefficient (Wildman–Crippen LogP) is 2.10. The minimum absolute atomic E-state index is 0.0833. The lowest BCUT2D eigenvalue weighted by atomic mass is 9.98. The molecule has 1 aliphatic carbocycles. The van der Waals surface area contributed by atoms with Gasteiger partial charge in [0.15, 0.2) is 0 Å². The highest BCUT2D eigenvalue weighted by Crippen LogP contribution is 2.20. The van der Waals surface area contributed by atoms with Crippen molar-refractivity contribution in [1.29, 1.82) is 0 Å². The number of nitro groups is 1. The van der Waals surface area contributed by atoms with Gasteiger partial charge in [0.05, 0.1) is 17.7 Å². The lowest BCUT2D eigenvalue weighted by Crippen LogP contribution is -2.28. The van der Waals surface area contributed by atoms with Crippen molar-refractivity contribution in [2.75, 3.05) is 6.54 Å². The Hall–Kier alpha value is -2.70. The number of amides is 1. The van der Waals surface area contributed by atoms with Gasteiger partial charge in [-0.25, -0.2) is 0 Å². The van der Waals surface area contributed by atoms with E-state index in [4.69, 9.17) is 0 Å². The molecule has 1 aromatic carbocycles. The zero-order valence-corrected chi connectivity index (χ0v) is 12.7. The Morgan fingerprint density at radius 2 is 2.09 bits per heavy atom. The summed E-state index contributed by atoms with van der Waals surface area (Å²) in [6, 6.07) is 5.96. The zero-order chi connectivity index (χ0) is 16.2. The van der Waals surface area contributed by atoms with Crippen LogP contribution in [-0.2, 0) is 19.4 Å². The van der Waals surface area contributed by atoms with Gasteiger partial charge in [0.1, 0.15) is 5.56 Å². The van der Waals surface area contributed by atoms with Gasteiger partial charge in [0.25, 0.3) is 11.6 Å². The fourth-order valence-electron chi connectivity index (χ4n) is 2.94. The van der Waals surface area contributed by atoms with E-state index in [1.165, 1.54) is 36.2 Å². The highest BCUT2D eigenvalue weighted by atomic mass is 16.6. The van der Waals surface area contributed by atoms with Crippen LogP contribution >= 0.6 is 0 Å². The van der Waals surface area contributed by atoms with E-state index >= 15 is 0 Å². The minimum Gasteiger partial charge on any atom is -0.350 e. The molecule has 2 aromatic rings. The highest BCUT2D eigenvalue weighted by Gasteiger charge is 2.19. The molecule has 1 aromatic heterocycles. The summed E-state index contributed by atoms with van der Waals surface area (Å²) in [6.07, 6.45) is 6.36. The molecule has 1 heterocycles. The molecule has 0 radical (unpaired) electrons. The number of fused-ring (bicyclic) bond motifs is 1. The van der Waals surface area contributed by atoms with Gasteiger partial charge in [-0.05, 0) is 37.3 Å². The van der Waals surface area contributed by atoms with Crippen molar-refractivity contribution < 1.29 is 9.72 Å². The van der Waals surface area contributed by atoms with Crippen molar-refractivity contribution in [3.63, 3.8) is 0 Å². The number of benzene rings is 1. The Morgan fingerprint density at radius 1 is 1.30 bits per heavy atom. The molecule has 0 unspecified atom stereocenters. The van der Waals surface area contributed by atoms with Crippen LogP contribution in [-0.4, -0.2) is 27.2 Å². The predicted molar refractivity (Wildman–Crippen MR) is 84.3 cm³/mol. The van der Waals surface area contributed by atoms with Crippen LogP contribution in [0.4, 0.5) is 5.69 Å². The second-order valence-corrected chi connectivity index (χ2v) is 5.58. The first-order valence-electron chi connectivity index (χ1n) is 7.72. The van der Waals surface area contributed by atoms with E-state index in [2.05, 4.69) is 10.4 Å². The van der Waals surface area contributed by atoms with Gasteiger partial charge < -0.3 is 5.32 Å². The average Bonchev–Trinajstić information content (AvgIpc) is 2.98. The van der Waals surface area contributed by atoms with Crippen molar-refractivity contribution in [3.05, 3.63) is 57.4 Å². The van der Waals surface area contributed by atoms with Gasteiger partial charge in [-0.15, -0.1) is 0 Å². The highest BCUT2D eigenvalue weighted by molar-refractivity contribution is 5.98. The molecule has 0 atom stereocenters. The molecule has 0 bridgehead atoms. The molecule has 7 nitrogen and oxygen atoms in total. The fourth-order valence-corrected chi connectivity index (χ4v) is 2.94. The number of para-hydroxylation sites is 1. The number of carbonyl (C=O) groups is 1. The molecule has 0 fully saturated rings. The van der Waals surface area contributed by atoms with Crippen molar-refractivity contribution in [3.8, 4) is 0 Å². The number of hydrogen-bond donors (Lipinski definition) is 1. The van der Waals surface area contributed by atoms with Gasteiger partial charge in [-0.2, -0.15) is 5.10 Å². The van der Waals surface area contributed by atoms with Crippen LogP contribution in [0.15, 0.2) is 30.5 Å². The Bertz CT molecular complexity index is 739. The Kier molecular flexibility index (Phi) is 4.36. The molecule has 0 spiro atoms. The summed E-state index contributed by atoms with van der Waals surface area (Å²) in [5.41, 5.74) is 2.44. The number of nitrogens with one attached hydrogen (secondary N) is 1. The lowest BCUT2D eigenvalue weighted by Gasteiger charge is -2.14. The number of rotatable bonds is 5. The molecule has 3 rings (SSSR count). The van der Waals surface area contributed by atoms with Gasteiger partial charge in [-0.1, -0.05) is 12.1 Å². The maximum absolute atomic E-state index is 12.1. The normalized spacial score (nSPS) is 13.4. The monoisotopic (exact) mass is 314 g/mol. The van der Waals surface area contributed by atoms with Crippen LogP contribution in [0, 0.1) is 10.1 Å². The minimum atomic E-state index is -0.543. The topological polar surface area (TPSA) is 90.1 Å². The fraction of sp³-hybridized carbons (Fsp3) is 0.375. The van der Waals surface area contributed by atoms with E-state index in [1.807, 2.05) is 10.9 Å². The second kappa shape index (κ2) is 6.60. The van der Waals surface area contributed by atoms with Gasteiger partial charge in [0, 0.05) is 18.3 Å². The Labute approximate surface area is 133 Å². The van der Waals surface area contributed by atoms with E-state index in [0.717, 1.165) is 12.8 Å². The van der Waals surface area contributed by atoms with Crippen molar-refractivity contribution in [2.24, 2.45) is 0 Å². The molecule has 7 heteroatoms. The molecule has 23 heavy (non-hydrogen) atoms. The molecule has 1 N–H and O–H groups in total. The van der Waals surface area contributed by atoms with Crippen molar-refractivity contribution >= 4 is 11.6 Å². The zero-order valence-electron chi connectivity index (χ0n) is 12.7. The van der Waals surface area contributed by atoms with Gasteiger partial charge in [0.2, 0.25) is 0 Å². The average molecular weight is 314 g/mol. The maximum Gasteiger partial charge on any atom is 0.282 e. The van der Waals surface area contributed by atoms with Crippen molar-refractivity contribution in [1.82, 2.24) is 15.1 Å². The number of aromatic nitrogens is 2. The third-order valence-electron chi connectivity index (χ3n) is 4.10. The lowest BCUT2D eigenvalue weighted by molar-refractivity contribution is -0.385. The van der Waals surface area contributed by atoms with E-state index in [-0.39, 0.29) is 11.3 Å². The molecule has 0 saturated heterocycles. The number of hydrogen-bond acceptors (Lipinski definition) is 4. The second-order valence-electron chi connectivity index (χ2n) is 5.58. The third-order valence-corrected chi connectivity index (χ3v) is 4.10. The Balaban J connectivity index is 1.62. The molecule has 1 amide bonds. The van der Waals surface area contributed by atoms with E-state index in [9.17, 15) is 14.9 Å². The molecule has 0 saturated carbocycles. The first kappa shape index (κ1) is 15.2. The SMILES string of the molecule is O=C(NCCn1ncc2c1CCCC2)c1ccccc1[N+](=O)[O-]. The summed E-state index contributed by atoms with van der Waals surface area (Å²) in [4.78, 5) is 22.6. The van der Waals surface area contributed by atoms with Crippen LogP contribution in [0.3, 0.4) is 0 Å². The van der Waals surface area contributed by atoms with Gasteiger partial charge >= 0.3 is 0 Å². The number of aryl methyl sites for hydroxylation is 1. The van der Waals surface area contributed by atoms with E-state index < -0.39 is 10.8 Å². The number of carbonyl (C=O) groups excluding carboxylic acids is 1. The first-order valence-corrected chi connectivity index (χ1v) is 7.72. The van der Waals surface area contributed by atoms with Crippen molar-refractivity contribution in [2.45, 2.75) is 32.2 Å². The summed E-state index contributed by atoms with van der Waals surface area (Å²) in [5, 5.41) is 18.1. The maximum atomic E-state index is 12.1. The quantitative estimate of drug-likeness (QED) is 0.676. The number of nitrogens with zero attached hydrogens (tertiary/aromatic N) is 3. The molecule has 1 aliphatic rings. The van der Waals surface area contributed by atoms with Gasteiger partial charge in [-0.3, -0.25) is 19.6 Å². The summed E-state index contributed by atoms with van der Waals surface area (Å²) >= 11 is 0. The van der Waals surface area contributed by atoms with Crippen LogP contribution in [0.5, 0.6) is 0 Å². The molecule has 120 valence electrons. The van der Waals surface area contributed by atoms with Crippen LogP contribution < -0.4 is 5.32 Å². The standard InChI is InChI=1S/C16H18N4O3/c21-16(13-6-2-4-8-15(13)20(22)23)17-9-10-19-14-7-3-1-5-12(14)11-18-19/h2,4,6,8,11H,1,3,5,7,9-10H2,(H,17,21). The molecular formula is C16H18N4O3. The molecule has 0 aliphatic heterocycles. The smallest absolute Gasteiger partial charge is 0.282 e. The summed E-state index contributed by atoms with van der Waals surface area (Å²) in [5.74, 6) is -0.432. The molecular weight excluding hydrogens is 296 g/mol. The summed E-state index contributed by atoms with van der Waals surface area (Å²) < 4.78 is 1.92. The van der Waals surface area contributed by atoms with Crippen LogP contribution in [0.25, 0.3) is 0 Å². The first-order chi connectivity index (χ1) is 11.2. The third kappa shape index (κ3) is 3.23. The number of nitro benzene ring substituents is 1. The van der Waals surface area contributed by atoms with E-state index in [1.54, 1.807) is 12.1 Å². The van der Waals surface area contributed by atoms with E-state index in [0.29, 0.717) is 13.1 Å². The largest absolute Gasteiger partial charge is 0.350 e.